The molecule has 3 aromatic rings. The lowest BCUT2D eigenvalue weighted by Gasteiger charge is -2.30. The zero-order valence-electron chi connectivity index (χ0n) is 16.9. The van der Waals surface area contributed by atoms with E-state index in [0.717, 1.165) is 37.6 Å². The van der Waals surface area contributed by atoms with Crippen molar-refractivity contribution in [1.29, 1.82) is 5.26 Å². The van der Waals surface area contributed by atoms with E-state index in [-0.39, 0.29) is 6.04 Å². The largest absolute Gasteiger partial charge is 0.574 e. The van der Waals surface area contributed by atoms with Crippen LogP contribution in [0.3, 0.4) is 0 Å². The Morgan fingerprint density at radius 2 is 1.69 bits per heavy atom. The van der Waals surface area contributed by atoms with Crippen LogP contribution in [0.25, 0.3) is 22.4 Å². The molecule has 10 heteroatoms. The number of piperidine rings is 1. The first-order chi connectivity index (χ1) is 15.3. The number of halogens is 3. The summed E-state index contributed by atoms with van der Waals surface area (Å²) in [6.07, 6.45) is -0.230. The van der Waals surface area contributed by atoms with Gasteiger partial charge in [-0.1, -0.05) is 12.1 Å². The van der Waals surface area contributed by atoms with Crippen molar-refractivity contribution in [2.45, 2.75) is 25.2 Å². The normalized spacial score (nSPS) is 14.8. The lowest BCUT2D eigenvalue weighted by atomic mass is 10.0. The van der Waals surface area contributed by atoms with Gasteiger partial charge in [0.05, 0.1) is 17.3 Å². The predicted octanol–water partition coefficient (Wildman–Crippen LogP) is 3.90. The third-order valence-corrected chi connectivity index (χ3v) is 5.15. The van der Waals surface area contributed by atoms with Crippen LogP contribution < -0.4 is 15.4 Å². The van der Waals surface area contributed by atoms with Crippen molar-refractivity contribution in [3.05, 3.63) is 54.4 Å². The first-order valence-corrected chi connectivity index (χ1v) is 9.92. The summed E-state index contributed by atoms with van der Waals surface area (Å²) in [6.45, 7) is 1.47. The van der Waals surface area contributed by atoms with Crippen molar-refractivity contribution >= 4 is 5.95 Å². The maximum atomic E-state index is 12.4. The second-order valence-electron chi connectivity index (χ2n) is 7.38. The van der Waals surface area contributed by atoms with Crippen molar-refractivity contribution in [1.82, 2.24) is 15.0 Å². The number of hydrogen-bond acceptors (Lipinski definition) is 7. The number of pyridine rings is 1. The van der Waals surface area contributed by atoms with Gasteiger partial charge in [-0.15, -0.1) is 13.2 Å². The summed E-state index contributed by atoms with van der Waals surface area (Å²) in [4.78, 5) is 15.1. The smallest absolute Gasteiger partial charge is 0.388 e. The predicted molar refractivity (Wildman–Crippen MR) is 112 cm³/mol. The van der Waals surface area contributed by atoms with E-state index in [9.17, 15) is 13.2 Å². The molecule has 32 heavy (non-hydrogen) atoms. The van der Waals surface area contributed by atoms with Crippen molar-refractivity contribution < 1.29 is 17.9 Å². The van der Waals surface area contributed by atoms with E-state index in [0.29, 0.717) is 28.3 Å². The zero-order valence-corrected chi connectivity index (χ0v) is 16.9. The number of benzene rings is 1. The Hall–Kier alpha value is -3.71. The average Bonchev–Trinajstić information content (AvgIpc) is 2.79. The van der Waals surface area contributed by atoms with Gasteiger partial charge in [-0.3, -0.25) is 0 Å². The van der Waals surface area contributed by atoms with E-state index in [1.54, 1.807) is 30.5 Å². The van der Waals surface area contributed by atoms with Crippen LogP contribution in [0.2, 0.25) is 0 Å². The Labute approximate surface area is 182 Å². The summed E-state index contributed by atoms with van der Waals surface area (Å²) in [7, 11) is 0. The van der Waals surface area contributed by atoms with Crippen molar-refractivity contribution in [3.8, 4) is 34.3 Å². The molecule has 0 aliphatic carbocycles. The summed E-state index contributed by atoms with van der Waals surface area (Å²) >= 11 is 0. The molecule has 7 nitrogen and oxygen atoms in total. The molecule has 3 heterocycles. The molecule has 0 spiro atoms. The van der Waals surface area contributed by atoms with Crippen molar-refractivity contribution in [2.24, 2.45) is 5.73 Å². The maximum Gasteiger partial charge on any atom is 0.574 e. The lowest BCUT2D eigenvalue weighted by Crippen LogP contribution is -2.40. The van der Waals surface area contributed by atoms with E-state index in [4.69, 9.17) is 16.0 Å². The Kier molecular flexibility index (Phi) is 5.92. The third kappa shape index (κ3) is 4.95. The fourth-order valence-electron chi connectivity index (χ4n) is 3.48. The fraction of sp³-hybridized carbons (Fsp3) is 0.273. The molecule has 4 rings (SSSR count). The first-order valence-electron chi connectivity index (χ1n) is 9.92. The minimum absolute atomic E-state index is 0.159. The molecule has 1 aliphatic rings. The highest BCUT2D eigenvalue weighted by Crippen LogP contribution is 2.33. The second kappa shape index (κ2) is 8.80. The van der Waals surface area contributed by atoms with E-state index in [2.05, 4.69) is 25.7 Å². The third-order valence-electron chi connectivity index (χ3n) is 5.15. The molecule has 0 saturated carbocycles. The van der Waals surface area contributed by atoms with Crippen LogP contribution in [0.15, 0.2) is 48.8 Å². The summed E-state index contributed by atoms with van der Waals surface area (Å²) < 4.78 is 41.2. The highest BCUT2D eigenvalue weighted by Gasteiger charge is 2.31. The average molecular weight is 440 g/mol. The molecule has 0 unspecified atom stereocenters. The van der Waals surface area contributed by atoms with E-state index in [1.807, 2.05) is 0 Å². The van der Waals surface area contributed by atoms with Crippen LogP contribution >= 0.6 is 0 Å². The number of ether oxygens (including phenoxy) is 1. The number of hydrogen-bond donors (Lipinski definition) is 1. The molecule has 0 radical (unpaired) electrons. The number of rotatable bonds is 4. The molecule has 2 N–H and O–H groups in total. The van der Waals surface area contributed by atoms with Gasteiger partial charge in [0.25, 0.3) is 0 Å². The summed E-state index contributed by atoms with van der Waals surface area (Å²) in [5.41, 5.74) is 8.95. The highest BCUT2D eigenvalue weighted by molar-refractivity contribution is 5.80. The molecule has 1 aliphatic heterocycles. The number of aromatic nitrogens is 3. The Bertz CT molecular complexity index is 1120. The van der Waals surface area contributed by atoms with Gasteiger partial charge in [0.2, 0.25) is 11.8 Å². The monoisotopic (exact) mass is 440 g/mol. The van der Waals surface area contributed by atoms with Gasteiger partial charge in [0.1, 0.15) is 0 Å². The van der Waals surface area contributed by atoms with E-state index < -0.39 is 12.2 Å². The van der Waals surface area contributed by atoms with E-state index in [1.165, 1.54) is 12.3 Å². The number of nitrogens with zero attached hydrogens (tertiary/aromatic N) is 5. The van der Waals surface area contributed by atoms with Crippen LogP contribution in [0.4, 0.5) is 19.1 Å². The molecule has 1 saturated heterocycles. The topological polar surface area (TPSA) is 101 Å². The van der Waals surface area contributed by atoms with Gasteiger partial charge in [-0.25, -0.2) is 15.0 Å². The molecule has 1 aromatic carbocycles. The molecule has 0 bridgehead atoms. The Balaban J connectivity index is 1.73. The van der Waals surface area contributed by atoms with Crippen LogP contribution in [0, 0.1) is 11.3 Å². The van der Waals surface area contributed by atoms with Gasteiger partial charge in [-0.05, 0) is 31.0 Å². The minimum Gasteiger partial charge on any atom is -0.388 e. The number of nitriles is 1. The number of anilines is 1. The molecule has 164 valence electrons. The molecule has 2 aromatic heterocycles. The van der Waals surface area contributed by atoms with Gasteiger partial charge in [0.15, 0.2) is 0 Å². The Morgan fingerprint density at radius 1 is 1.00 bits per heavy atom. The molecular weight excluding hydrogens is 421 g/mol. The van der Waals surface area contributed by atoms with Gasteiger partial charge >= 0.3 is 6.36 Å². The highest BCUT2D eigenvalue weighted by atomic mass is 19.4. The molecule has 0 amide bonds. The van der Waals surface area contributed by atoms with E-state index >= 15 is 0 Å². The van der Waals surface area contributed by atoms with Crippen LogP contribution in [-0.4, -0.2) is 40.4 Å². The van der Waals surface area contributed by atoms with Gasteiger partial charge in [0, 0.05) is 54.3 Å². The zero-order chi connectivity index (χ0) is 22.7. The fourth-order valence-corrected chi connectivity index (χ4v) is 3.48. The lowest BCUT2D eigenvalue weighted by molar-refractivity contribution is -0.276. The van der Waals surface area contributed by atoms with Crippen molar-refractivity contribution in [2.75, 3.05) is 18.0 Å². The first kappa shape index (κ1) is 21.5. The molecular formula is C22H19F3N6O. The number of nitrogens with two attached hydrogens (primary N) is 1. The quantitative estimate of drug-likeness (QED) is 0.657. The van der Waals surface area contributed by atoms with Crippen molar-refractivity contribution in [3.63, 3.8) is 0 Å². The maximum absolute atomic E-state index is 12.4. The standard InChI is InChI=1S/C22H19F3N6O/c23-22(24,25)32-19-6-5-16(12-28-19)18-13-29-21(31-9-7-17(27)8-10-31)30-20(18)15-3-1-14(11-26)2-4-15/h1-6,12-13,17H,7-10,27H2. The minimum atomic E-state index is -4.82. The summed E-state index contributed by atoms with van der Waals surface area (Å²) in [5.74, 6) is -0.00615. The summed E-state index contributed by atoms with van der Waals surface area (Å²) in [6, 6.07) is 11.8. The van der Waals surface area contributed by atoms with Crippen LogP contribution in [0.1, 0.15) is 18.4 Å². The molecule has 0 atom stereocenters. The van der Waals surface area contributed by atoms with Gasteiger partial charge in [-0.2, -0.15) is 5.26 Å². The SMILES string of the molecule is N#Cc1ccc(-c2nc(N3CCC(N)CC3)ncc2-c2ccc(OC(F)(F)F)nc2)cc1. The number of alkyl halides is 3. The summed E-state index contributed by atoms with van der Waals surface area (Å²) in [5, 5.41) is 9.08. The second-order valence-corrected chi connectivity index (χ2v) is 7.38. The van der Waals surface area contributed by atoms with Crippen LogP contribution in [-0.2, 0) is 0 Å². The van der Waals surface area contributed by atoms with Gasteiger partial charge < -0.3 is 15.4 Å². The van der Waals surface area contributed by atoms with Crippen LogP contribution in [0.5, 0.6) is 5.88 Å². The Morgan fingerprint density at radius 3 is 2.28 bits per heavy atom. The molecule has 1 fully saturated rings.